The van der Waals surface area contributed by atoms with Gasteiger partial charge in [-0.2, -0.15) is 0 Å². The Balaban J connectivity index is 2.13. The summed E-state index contributed by atoms with van der Waals surface area (Å²) in [6.07, 6.45) is 4.99. The van der Waals surface area contributed by atoms with E-state index in [0.29, 0.717) is 18.2 Å². The van der Waals surface area contributed by atoms with Crippen LogP contribution < -0.4 is 10.2 Å². The summed E-state index contributed by atoms with van der Waals surface area (Å²) in [5.74, 6) is 0.594. The molecule has 1 aromatic heterocycles. The topological polar surface area (TPSA) is 78.4 Å². The van der Waals surface area contributed by atoms with Gasteiger partial charge in [0.15, 0.2) is 0 Å². The molecule has 7 heteroatoms. The Morgan fingerprint density at radius 2 is 1.81 bits per heavy atom. The van der Waals surface area contributed by atoms with Crippen molar-refractivity contribution in [3.8, 4) is 0 Å². The third-order valence-electron chi connectivity index (χ3n) is 4.57. The molecule has 2 rings (SSSR count). The maximum atomic E-state index is 12.5. The molecule has 0 spiro atoms. The number of nitrogens with zero attached hydrogens (tertiary/aromatic N) is 4. The number of anilines is 1. The summed E-state index contributed by atoms with van der Waals surface area (Å²) in [4.78, 5) is 37.1. The quantitative estimate of drug-likeness (QED) is 0.840. The predicted molar refractivity (Wildman–Crippen MR) is 102 cm³/mol. The molecule has 144 valence electrons. The second-order valence-electron chi connectivity index (χ2n) is 7.33. The van der Waals surface area contributed by atoms with Gasteiger partial charge in [-0.15, -0.1) is 0 Å². The van der Waals surface area contributed by atoms with E-state index in [1.54, 1.807) is 20.2 Å². The van der Waals surface area contributed by atoms with Crippen molar-refractivity contribution < 1.29 is 9.59 Å². The number of aromatic nitrogens is 2. The molecule has 1 aliphatic rings. The lowest BCUT2D eigenvalue weighted by Gasteiger charge is -2.22. The van der Waals surface area contributed by atoms with Crippen LogP contribution in [-0.2, 0) is 4.79 Å². The second-order valence-corrected chi connectivity index (χ2v) is 7.33. The minimum Gasteiger partial charge on any atom is -0.350 e. The van der Waals surface area contributed by atoms with Gasteiger partial charge in [-0.1, -0.05) is 26.7 Å². The molecule has 26 heavy (non-hydrogen) atoms. The fourth-order valence-corrected chi connectivity index (χ4v) is 2.87. The van der Waals surface area contributed by atoms with E-state index < -0.39 is 0 Å². The minimum absolute atomic E-state index is 0.0129. The normalized spacial score (nSPS) is 14.9. The molecular weight excluding hydrogens is 330 g/mol. The molecule has 0 radical (unpaired) electrons. The third-order valence-corrected chi connectivity index (χ3v) is 4.57. The van der Waals surface area contributed by atoms with Crippen LogP contribution >= 0.6 is 0 Å². The average Bonchev–Trinajstić information content (AvgIpc) is 2.90. The number of hydrogen-bond donors (Lipinski definition) is 1. The van der Waals surface area contributed by atoms with Gasteiger partial charge < -0.3 is 15.1 Å². The van der Waals surface area contributed by atoms with Crippen LogP contribution in [0.5, 0.6) is 0 Å². The van der Waals surface area contributed by atoms with E-state index in [0.717, 1.165) is 31.6 Å². The Labute approximate surface area is 156 Å². The van der Waals surface area contributed by atoms with Crippen LogP contribution in [0.15, 0.2) is 6.07 Å². The molecule has 0 saturated carbocycles. The number of amides is 2. The molecule has 0 atom stereocenters. The van der Waals surface area contributed by atoms with Crippen LogP contribution in [0, 0.1) is 0 Å². The van der Waals surface area contributed by atoms with Crippen molar-refractivity contribution in [2.24, 2.45) is 0 Å². The molecule has 1 fully saturated rings. The van der Waals surface area contributed by atoms with Crippen LogP contribution in [0.25, 0.3) is 0 Å². The fraction of sp³-hybridized carbons (Fsp3) is 0.684. The predicted octanol–water partition coefficient (Wildman–Crippen LogP) is 2.19. The van der Waals surface area contributed by atoms with Crippen LogP contribution in [0.1, 0.15) is 68.1 Å². The Morgan fingerprint density at radius 1 is 1.15 bits per heavy atom. The summed E-state index contributed by atoms with van der Waals surface area (Å²) in [7, 11) is 3.41. The van der Waals surface area contributed by atoms with Gasteiger partial charge in [0.25, 0.3) is 5.91 Å². The SMILES string of the molecule is CC(C)c1cc(C(=O)NCCC(=O)N(C)C)nc(N2CCCCCC2)n1. The number of hydrogen-bond acceptors (Lipinski definition) is 5. The average molecular weight is 361 g/mol. The first-order chi connectivity index (χ1) is 12.4. The highest BCUT2D eigenvalue weighted by molar-refractivity contribution is 5.93. The van der Waals surface area contributed by atoms with E-state index in [-0.39, 0.29) is 24.2 Å². The van der Waals surface area contributed by atoms with Gasteiger partial charge in [-0.05, 0) is 24.8 Å². The number of rotatable bonds is 6. The van der Waals surface area contributed by atoms with Crippen molar-refractivity contribution in [3.63, 3.8) is 0 Å². The monoisotopic (exact) mass is 361 g/mol. The molecular formula is C19H31N5O2. The number of carbonyl (C=O) groups excluding carboxylic acids is 2. The summed E-state index contributed by atoms with van der Waals surface area (Å²) >= 11 is 0. The Kier molecular flexibility index (Phi) is 7.36. The standard InChI is InChI=1S/C19H31N5O2/c1-14(2)15-13-16(18(26)20-10-9-17(25)23(3)4)22-19(21-15)24-11-7-5-6-8-12-24/h13-14H,5-12H2,1-4H3,(H,20,26). The van der Waals surface area contributed by atoms with Gasteiger partial charge in [0, 0.05) is 45.8 Å². The van der Waals surface area contributed by atoms with Crippen molar-refractivity contribution in [2.45, 2.75) is 51.9 Å². The first kappa shape index (κ1) is 20.1. The summed E-state index contributed by atoms with van der Waals surface area (Å²) < 4.78 is 0. The molecule has 1 aromatic rings. The van der Waals surface area contributed by atoms with E-state index in [4.69, 9.17) is 0 Å². The van der Waals surface area contributed by atoms with Crippen molar-refractivity contribution in [1.29, 1.82) is 0 Å². The van der Waals surface area contributed by atoms with Crippen LogP contribution in [0.4, 0.5) is 5.95 Å². The molecule has 1 N–H and O–H groups in total. The molecule has 7 nitrogen and oxygen atoms in total. The minimum atomic E-state index is -0.253. The van der Waals surface area contributed by atoms with Crippen molar-refractivity contribution in [1.82, 2.24) is 20.2 Å². The lowest BCUT2D eigenvalue weighted by molar-refractivity contribution is -0.128. The third kappa shape index (κ3) is 5.68. The fourth-order valence-electron chi connectivity index (χ4n) is 2.87. The summed E-state index contributed by atoms with van der Waals surface area (Å²) in [5.41, 5.74) is 1.24. The lowest BCUT2D eigenvalue weighted by atomic mass is 10.1. The smallest absolute Gasteiger partial charge is 0.270 e. The second kappa shape index (κ2) is 9.50. The lowest BCUT2D eigenvalue weighted by Crippen LogP contribution is -2.32. The van der Waals surface area contributed by atoms with Gasteiger partial charge in [0.05, 0.1) is 0 Å². The first-order valence-electron chi connectivity index (χ1n) is 9.50. The number of nitrogens with one attached hydrogen (secondary N) is 1. The zero-order valence-corrected chi connectivity index (χ0v) is 16.4. The van der Waals surface area contributed by atoms with Crippen LogP contribution in [-0.4, -0.2) is 60.4 Å². The molecule has 2 amide bonds. The molecule has 0 aromatic carbocycles. The van der Waals surface area contributed by atoms with Crippen LogP contribution in [0.3, 0.4) is 0 Å². The van der Waals surface area contributed by atoms with Gasteiger partial charge in [-0.25, -0.2) is 9.97 Å². The zero-order chi connectivity index (χ0) is 19.1. The van der Waals surface area contributed by atoms with E-state index in [9.17, 15) is 9.59 Å². The maximum absolute atomic E-state index is 12.5. The molecule has 0 aliphatic carbocycles. The molecule has 1 saturated heterocycles. The van der Waals surface area contributed by atoms with Gasteiger partial charge in [0.2, 0.25) is 11.9 Å². The van der Waals surface area contributed by atoms with Crippen LogP contribution in [0.2, 0.25) is 0 Å². The van der Waals surface area contributed by atoms with Crippen molar-refractivity contribution in [2.75, 3.05) is 38.6 Å². The molecule has 0 bridgehead atoms. The Hall–Kier alpha value is -2.18. The van der Waals surface area contributed by atoms with E-state index in [2.05, 4.69) is 34.0 Å². The van der Waals surface area contributed by atoms with Crippen molar-refractivity contribution >= 4 is 17.8 Å². The summed E-state index contributed by atoms with van der Waals surface area (Å²) in [5, 5.41) is 2.80. The largest absolute Gasteiger partial charge is 0.350 e. The van der Waals surface area contributed by atoms with Crippen molar-refractivity contribution in [3.05, 3.63) is 17.5 Å². The van der Waals surface area contributed by atoms with E-state index in [1.807, 2.05) is 0 Å². The summed E-state index contributed by atoms with van der Waals surface area (Å²) in [6.45, 7) is 6.29. The summed E-state index contributed by atoms with van der Waals surface area (Å²) in [6, 6.07) is 1.76. The molecule has 1 aliphatic heterocycles. The Morgan fingerprint density at radius 3 is 2.38 bits per heavy atom. The van der Waals surface area contributed by atoms with Gasteiger partial charge in [0.1, 0.15) is 5.69 Å². The highest BCUT2D eigenvalue weighted by Gasteiger charge is 2.18. The molecule has 0 unspecified atom stereocenters. The zero-order valence-electron chi connectivity index (χ0n) is 16.4. The number of carbonyl (C=O) groups is 2. The van der Waals surface area contributed by atoms with E-state index in [1.165, 1.54) is 17.7 Å². The first-order valence-corrected chi connectivity index (χ1v) is 9.50. The highest BCUT2D eigenvalue weighted by Crippen LogP contribution is 2.20. The Bertz CT molecular complexity index is 622. The maximum Gasteiger partial charge on any atom is 0.270 e. The van der Waals surface area contributed by atoms with E-state index >= 15 is 0 Å². The molecule has 2 heterocycles. The highest BCUT2D eigenvalue weighted by atomic mass is 16.2. The van der Waals surface area contributed by atoms with Gasteiger partial charge in [-0.3, -0.25) is 9.59 Å². The van der Waals surface area contributed by atoms with Gasteiger partial charge >= 0.3 is 0 Å².